The fourth-order valence-electron chi connectivity index (χ4n) is 1.26. The summed E-state index contributed by atoms with van der Waals surface area (Å²) in [7, 11) is 0. The van der Waals surface area contributed by atoms with Crippen LogP contribution in [0.4, 0.5) is 4.79 Å². The minimum absolute atomic E-state index is 0.269. The molecule has 3 amide bonds. The number of allylic oxidation sites excluding steroid dienone is 4. The zero-order valence-electron chi connectivity index (χ0n) is 8.62. The van der Waals surface area contributed by atoms with Crippen molar-refractivity contribution in [3.05, 3.63) is 36.5 Å². The number of hydrogen-bond donors (Lipinski definition) is 2. The summed E-state index contributed by atoms with van der Waals surface area (Å²) in [5, 5.41) is 4.70. The molecular formula is C11H14N2O2. The summed E-state index contributed by atoms with van der Waals surface area (Å²) in [6, 6.07) is -0.859. The quantitative estimate of drug-likeness (QED) is 0.537. The fourth-order valence-corrected chi connectivity index (χ4v) is 1.26. The van der Waals surface area contributed by atoms with Crippen molar-refractivity contribution in [2.45, 2.75) is 19.4 Å². The van der Waals surface area contributed by atoms with Gasteiger partial charge in [-0.05, 0) is 13.3 Å². The molecule has 2 N–H and O–H groups in total. The largest absolute Gasteiger partial charge is 0.326 e. The Bertz CT molecular complexity index is 342. The van der Waals surface area contributed by atoms with Crippen LogP contribution in [0.1, 0.15) is 13.3 Å². The van der Waals surface area contributed by atoms with Crippen LogP contribution < -0.4 is 10.6 Å². The average Bonchev–Trinajstić information content (AvgIpc) is 2.46. The van der Waals surface area contributed by atoms with Gasteiger partial charge in [-0.25, -0.2) is 4.79 Å². The van der Waals surface area contributed by atoms with Gasteiger partial charge in [0.1, 0.15) is 6.04 Å². The van der Waals surface area contributed by atoms with E-state index >= 15 is 0 Å². The van der Waals surface area contributed by atoms with Gasteiger partial charge in [-0.2, -0.15) is 0 Å². The number of nitrogens with one attached hydrogen (secondary N) is 2. The van der Waals surface area contributed by atoms with Crippen molar-refractivity contribution in [2.75, 3.05) is 0 Å². The van der Waals surface area contributed by atoms with Gasteiger partial charge in [0.05, 0.1) is 0 Å². The molecule has 0 bridgehead atoms. The van der Waals surface area contributed by atoms with Gasteiger partial charge < -0.3 is 5.32 Å². The van der Waals surface area contributed by atoms with Crippen LogP contribution in [0.5, 0.6) is 0 Å². The molecule has 0 radical (unpaired) electrons. The molecule has 1 aliphatic rings. The molecule has 1 saturated heterocycles. The van der Waals surface area contributed by atoms with Crippen LogP contribution in [-0.2, 0) is 4.79 Å². The van der Waals surface area contributed by atoms with Crippen LogP contribution in [-0.4, -0.2) is 18.0 Å². The third kappa shape index (κ3) is 3.42. The summed E-state index contributed by atoms with van der Waals surface area (Å²) in [5.74, 6) is -0.269. The smallest absolute Gasteiger partial charge is 0.322 e. The molecule has 4 heteroatoms. The Kier molecular flexibility index (Phi) is 3.85. The summed E-state index contributed by atoms with van der Waals surface area (Å²) in [6.45, 7) is 5.51. The standard InChI is InChI=1S/C11H14N2O2/c1-3-5-8(2)6-4-7-9-10(14)13-11(15)12-9/h3-6,9H,1,7H2,2H3,(H2,12,13,14,15)/b6-4-,8-5-. The van der Waals surface area contributed by atoms with Crippen LogP contribution in [0.25, 0.3) is 0 Å². The lowest BCUT2D eigenvalue weighted by Crippen LogP contribution is -2.27. The fraction of sp³-hybridized carbons (Fsp3) is 0.273. The molecule has 0 spiro atoms. The van der Waals surface area contributed by atoms with Gasteiger partial charge in [-0.15, -0.1) is 0 Å². The minimum atomic E-state index is -0.440. The van der Waals surface area contributed by atoms with E-state index in [-0.39, 0.29) is 5.91 Å². The van der Waals surface area contributed by atoms with Crippen molar-refractivity contribution in [3.8, 4) is 0 Å². The van der Waals surface area contributed by atoms with Gasteiger partial charge >= 0.3 is 6.03 Å². The van der Waals surface area contributed by atoms with Crippen molar-refractivity contribution in [1.29, 1.82) is 0 Å². The first-order valence-electron chi connectivity index (χ1n) is 4.70. The second-order valence-electron chi connectivity index (χ2n) is 3.30. The summed E-state index contributed by atoms with van der Waals surface area (Å²) < 4.78 is 0. The van der Waals surface area contributed by atoms with Gasteiger partial charge in [0.25, 0.3) is 5.91 Å². The molecule has 1 heterocycles. The molecule has 0 saturated carbocycles. The second kappa shape index (κ2) is 5.14. The Hall–Kier alpha value is -1.84. The third-order valence-electron chi connectivity index (χ3n) is 1.99. The van der Waals surface area contributed by atoms with Crippen LogP contribution in [0.15, 0.2) is 36.5 Å². The number of rotatable bonds is 4. The van der Waals surface area contributed by atoms with Crippen molar-refractivity contribution < 1.29 is 9.59 Å². The Morgan fingerprint density at radius 1 is 1.53 bits per heavy atom. The van der Waals surface area contributed by atoms with E-state index < -0.39 is 12.1 Å². The highest BCUT2D eigenvalue weighted by molar-refractivity contribution is 6.04. The van der Waals surface area contributed by atoms with Crippen molar-refractivity contribution >= 4 is 11.9 Å². The molecule has 80 valence electrons. The zero-order valence-corrected chi connectivity index (χ0v) is 8.62. The molecule has 1 atom stereocenters. The van der Waals surface area contributed by atoms with Gasteiger partial charge in [-0.3, -0.25) is 10.1 Å². The summed E-state index contributed by atoms with van der Waals surface area (Å²) in [4.78, 5) is 21.9. The molecular weight excluding hydrogens is 192 g/mol. The highest BCUT2D eigenvalue weighted by atomic mass is 16.2. The highest BCUT2D eigenvalue weighted by Crippen LogP contribution is 2.02. The van der Waals surface area contributed by atoms with Crippen molar-refractivity contribution in [3.63, 3.8) is 0 Å². The number of amides is 3. The molecule has 0 aromatic rings. The Balaban J connectivity index is 2.44. The van der Waals surface area contributed by atoms with Gasteiger partial charge in [0.15, 0.2) is 0 Å². The number of imide groups is 1. The van der Waals surface area contributed by atoms with E-state index in [4.69, 9.17) is 0 Å². The maximum atomic E-state index is 11.1. The van der Waals surface area contributed by atoms with Gasteiger partial charge in [0, 0.05) is 0 Å². The monoisotopic (exact) mass is 206 g/mol. The van der Waals surface area contributed by atoms with Crippen LogP contribution in [0, 0.1) is 0 Å². The van der Waals surface area contributed by atoms with E-state index in [2.05, 4.69) is 17.2 Å². The first-order valence-corrected chi connectivity index (χ1v) is 4.70. The van der Waals surface area contributed by atoms with Gasteiger partial charge in [0.2, 0.25) is 0 Å². The predicted octanol–water partition coefficient (Wildman–Crippen LogP) is 1.27. The lowest BCUT2D eigenvalue weighted by Gasteiger charge is -2.01. The SMILES string of the molecule is C=C/C=C(C)\C=C/CC1NC(=O)NC1=O. The number of carbonyl (C=O) groups is 2. The molecule has 1 unspecified atom stereocenters. The molecule has 1 rings (SSSR count). The number of carbonyl (C=O) groups excluding carboxylic acids is 2. The van der Waals surface area contributed by atoms with E-state index in [1.165, 1.54) is 0 Å². The summed E-state index contributed by atoms with van der Waals surface area (Å²) in [5.41, 5.74) is 1.05. The topological polar surface area (TPSA) is 58.2 Å². The maximum Gasteiger partial charge on any atom is 0.322 e. The van der Waals surface area contributed by atoms with E-state index in [0.29, 0.717) is 6.42 Å². The Labute approximate surface area is 88.7 Å². The first-order chi connectivity index (χ1) is 7.13. The zero-order chi connectivity index (χ0) is 11.3. The van der Waals surface area contributed by atoms with E-state index in [9.17, 15) is 9.59 Å². The molecule has 4 nitrogen and oxygen atoms in total. The third-order valence-corrected chi connectivity index (χ3v) is 1.99. The molecule has 0 aliphatic carbocycles. The van der Waals surface area contributed by atoms with E-state index in [1.54, 1.807) is 6.08 Å². The lowest BCUT2D eigenvalue weighted by molar-refractivity contribution is -0.120. The summed E-state index contributed by atoms with van der Waals surface area (Å²) in [6.07, 6.45) is 7.80. The normalized spacial score (nSPS) is 21.7. The van der Waals surface area contributed by atoms with Crippen molar-refractivity contribution in [2.24, 2.45) is 0 Å². The molecule has 0 aromatic heterocycles. The average molecular weight is 206 g/mol. The van der Waals surface area contributed by atoms with E-state index in [1.807, 2.05) is 25.2 Å². The maximum absolute atomic E-state index is 11.1. The predicted molar refractivity (Wildman–Crippen MR) is 58.2 cm³/mol. The second-order valence-corrected chi connectivity index (χ2v) is 3.30. The van der Waals surface area contributed by atoms with Crippen LogP contribution in [0.3, 0.4) is 0 Å². The van der Waals surface area contributed by atoms with Crippen LogP contribution >= 0.6 is 0 Å². The van der Waals surface area contributed by atoms with Crippen LogP contribution in [0.2, 0.25) is 0 Å². The van der Waals surface area contributed by atoms with Crippen molar-refractivity contribution in [1.82, 2.24) is 10.6 Å². The molecule has 1 aliphatic heterocycles. The molecule has 1 fully saturated rings. The first kappa shape index (κ1) is 11.2. The van der Waals surface area contributed by atoms with Gasteiger partial charge in [-0.1, -0.05) is 36.5 Å². The Morgan fingerprint density at radius 3 is 2.80 bits per heavy atom. The Morgan fingerprint density at radius 2 is 2.27 bits per heavy atom. The number of hydrogen-bond acceptors (Lipinski definition) is 2. The molecule has 0 aromatic carbocycles. The summed E-state index contributed by atoms with van der Waals surface area (Å²) >= 11 is 0. The number of urea groups is 1. The minimum Gasteiger partial charge on any atom is -0.326 e. The molecule has 15 heavy (non-hydrogen) atoms. The highest BCUT2D eigenvalue weighted by Gasteiger charge is 2.27. The van der Waals surface area contributed by atoms with E-state index in [0.717, 1.165) is 5.57 Å². The lowest BCUT2D eigenvalue weighted by atomic mass is 10.1.